The zero-order chi connectivity index (χ0) is 16.2. The summed E-state index contributed by atoms with van der Waals surface area (Å²) in [6, 6.07) is 3.18. The SMILES string of the molecule is Nc1cc(OCCOCCO)c(OCCOCCO)cc1N. The summed E-state index contributed by atoms with van der Waals surface area (Å²) >= 11 is 0. The molecule has 0 saturated heterocycles. The van der Waals surface area contributed by atoms with Gasteiger partial charge in [0, 0.05) is 12.1 Å². The summed E-state index contributed by atoms with van der Waals surface area (Å²) in [4.78, 5) is 0. The molecule has 0 aliphatic heterocycles. The van der Waals surface area contributed by atoms with Crippen LogP contribution in [0, 0.1) is 0 Å². The lowest BCUT2D eigenvalue weighted by molar-refractivity contribution is 0.0645. The van der Waals surface area contributed by atoms with Crippen LogP contribution in [0.4, 0.5) is 11.4 Å². The molecule has 126 valence electrons. The van der Waals surface area contributed by atoms with Crippen LogP contribution >= 0.6 is 0 Å². The summed E-state index contributed by atoms with van der Waals surface area (Å²) in [6.07, 6.45) is 0. The van der Waals surface area contributed by atoms with Gasteiger partial charge in [-0.2, -0.15) is 0 Å². The highest BCUT2D eigenvalue weighted by Crippen LogP contribution is 2.33. The second kappa shape index (κ2) is 10.9. The predicted octanol–water partition coefficient (Wildman–Crippen LogP) is -0.374. The van der Waals surface area contributed by atoms with Gasteiger partial charge < -0.3 is 40.6 Å². The number of nitrogens with two attached hydrogens (primary N) is 2. The van der Waals surface area contributed by atoms with Crippen molar-refractivity contribution in [1.82, 2.24) is 0 Å². The number of anilines is 2. The van der Waals surface area contributed by atoms with Crippen LogP contribution in [-0.4, -0.2) is 63.1 Å². The van der Waals surface area contributed by atoms with Gasteiger partial charge in [-0.15, -0.1) is 0 Å². The molecular weight excluding hydrogens is 292 g/mol. The van der Waals surface area contributed by atoms with Crippen LogP contribution < -0.4 is 20.9 Å². The van der Waals surface area contributed by atoms with Gasteiger partial charge in [-0.1, -0.05) is 0 Å². The van der Waals surface area contributed by atoms with E-state index < -0.39 is 0 Å². The maximum Gasteiger partial charge on any atom is 0.163 e. The lowest BCUT2D eigenvalue weighted by atomic mass is 10.2. The molecule has 0 atom stereocenters. The minimum absolute atomic E-state index is 0.0307. The standard InChI is InChI=1S/C14H24N2O6/c15-11-9-13(21-7-5-19-3-1-17)14(10-12(11)16)22-8-6-20-4-2-18/h9-10,17-18H,1-8,15-16H2. The number of benzene rings is 1. The first-order valence-electron chi connectivity index (χ1n) is 7.00. The summed E-state index contributed by atoms with van der Waals surface area (Å²) in [7, 11) is 0. The fourth-order valence-corrected chi connectivity index (χ4v) is 1.57. The number of hydrogen-bond donors (Lipinski definition) is 4. The smallest absolute Gasteiger partial charge is 0.163 e. The Morgan fingerprint density at radius 2 is 1.09 bits per heavy atom. The highest BCUT2D eigenvalue weighted by Gasteiger charge is 2.09. The van der Waals surface area contributed by atoms with Crippen LogP contribution in [-0.2, 0) is 9.47 Å². The van der Waals surface area contributed by atoms with Gasteiger partial charge >= 0.3 is 0 Å². The third kappa shape index (κ3) is 6.81. The monoisotopic (exact) mass is 316 g/mol. The molecule has 0 aromatic heterocycles. The zero-order valence-corrected chi connectivity index (χ0v) is 12.5. The Labute approximate surface area is 129 Å². The summed E-state index contributed by atoms with van der Waals surface area (Å²) in [6.45, 7) is 1.72. The maximum atomic E-state index is 8.61. The number of aliphatic hydroxyl groups excluding tert-OH is 2. The first-order valence-corrected chi connectivity index (χ1v) is 7.00. The third-order valence-corrected chi connectivity index (χ3v) is 2.59. The Balaban J connectivity index is 2.51. The number of ether oxygens (including phenoxy) is 4. The largest absolute Gasteiger partial charge is 0.487 e. The predicted molar refractivity (Wildman–Crippen MR) is 82.1 cm³/mol. The Kier molecular flexibility index (Phi) is 9.08. The van der Waals surface area contributed by atoms with Crippen molar-refractivity contribution >= 4 is 11.4 Å². The first kappa shape index (κ1) is 18.3. The molecule has 0 amide bonds. The van der Waals surface area contributed by atoms with E-state index in [0.29, 0.717) is 49.3 Å². The number of nitrogen functional groups attached to an aromatic ring is 2. The fraction of sp³-hybridized carbons (Fsp3) is 0.571. The molecule has 0 unspecified atom stereocenters. The maximum absolute atomic E-state index is 8.61. The average Bonchev–Trinajstić information content (AvgIpc) is 2.51. The van der Waals surface area contributed by atoms with Crippen molar-refractivity contribution in [2.24, 2.45) is 0 Å². The van der Waals surface area contributed by atoms with E-state index in [1.165, 1.54) is 0 Å². The molecule has 1 rings (SSSR count). The van der Waals surface area contributed by atoms with Crippen LogP contribution in [0.1, 0.15) is 0 Å². The quantitative estimate of drug-likeness (QED) is 0.303. The first-order chi connectivity index (χ1) is 10.7. The lowest BCUT2D eigenvalue weighted by Gasteiger charge is -2.15. The molecule has 0 fully saturated rings. The fourth-order valence-electron chi connectivity index (χ4n) is 1.57. The molecule has 0 heterocycles. The molecule has 1 aromatic carbocycles. The van der Waals surface area contributed by atoms with E-state index in [9.17, 15) is 0 Å². The van der Waals surface area contributed by atoms with Crippen molar-refractivity contribution in [3.05, 3.63) is 12.1 Å². The van der Waals surface area contributed by atoms with Gasteiger partial charge in [0.15, 0.2) is 11.5 Å². The molecule has 1 aromatic rings. The van der Waals surface area contributed by atoms with Crippen LogP contribution in [0.2, 0.25) is 0 Å². The van der Waals surface area contributed by atoms with E-state index in [-0.39, 0.29) is 26.4 Å². The number of aliphatic hydroxyl groups is 2. The Morgan fingerprint density at radius 3 is 1.45 bits per heavy atom. The van der Waals surface area contributed by atoms with E-state index >= 15 is 0 Å². The van der Waals surface area contributed by atoms with Crippen molar-refractivity contribution in [3.8, 4) is 11.5 Å². The average molecular weight is 316 g/mol. The molecular formula is C14H24N2O6. The van der Waals surface area contributed by atoms with E-state index in [2.05, 4.69) is 0 Å². The Bertz CT molecular complexity index is 391. The molecule has 0 spiro atoms. The van der Waals surface area contributed by atoms with Crippen molar-refractivity contribution in [2.75, 3.05) is 64.3 Å². The number of hydrogen-bond acceptors (Lipinski definition) is 8. The molecule has 0 bridgehead atoms. The minimum Gasteiger partial charge on any atom is -0.487 e. The lowest BCUT2D eigenvalue weighted by Crippen LogP contribution is -2.12. The van der Waals surface area contributed by atoms with Gasteiger partial charge in [0.05, 0.1) is 51.0 Å². The van der Waals surface area contributed by atoms with Crippen molar-refractivity contribution < 1.29 is 29.2 Å². The topological polar surface area (TPSA) is 129 Å². The van der Waals surface area contributed by atoms with Gasteiger partial charge in [-0.25, -0.2) is 0 Å². The van der Waals surface area contributed by atoms with E-state index in [0.717, 1.165) is 0 Å². The molecule has 8 heteroatoms. The van der Waals surface area contributed by atoms with Gasteiger partial charge in [0.2, 0.25) is 0 Å². The summed E-state index contributed by atoms with van der Waals surface area (Å²) in [5, 5.41) is 17.2. The van der Waals surface area contributed by atoms with Gasteiger partial charge in [0.1, 0.15) is 13.2 Å². The summed E-state index contributed by atoms with van der Waals surface area (Å²) < 4.78 is 21.3. The molecule has 0 aliphatic rings. The highest BCUT2D eigenvalue weighted by atomic mass is 16.6. The van der Waals surface area contributed by atoms with Gasteiger partial charge in [0.25, 0.3) is 0 Å². The molecule has 0 aliphatic carbocycles. The molecule has 0 saturated carbocycles. The van der Waals surface area contributed by atoms with Gasteiger partial charge in [-0.3, -0.25) is 0 Å². The third-order valence-electron chi connectivity index (χ3n) is 2.59. The van der Waals surface area contributed by atoms with Crippen molar-refractivity contribution in [2.45, 2.75) is 0 Å². The van der Waals surface area contributed by atoms with E-state index in [1.807, 2.05) is 0 Å². The molecule has 22 heavy (non-hydrogen) atoms. The highest BCUT2D eigenvalue weighted by molar-refractivity contribution is 5.69. The zero-order valence-electron chi connectivity index (χ0n) is 12.5. The minimum atomic E-state index is -0.0307. The molecule has 8 nitrogen and oxygen atoms in total. The number of rotatable bonds is 12. The Hall–Kier alpha value is -1.74. The van der Waals surface area contributed by atoms with Crippen molar-refractivity contribution in [3.63, 3.8) is 0 Å². The van der Waals surface area contributed by atoms with Crippen LogP contribution in [0.5, 0.6) is 11.5 Å². The Morgan fingerprint density at radius 1 is 0.682 bits per heavy atom. The summed E-state index contributed by atoms with van der Waals surface area (Å²) in [5.74, 6) is 0.919. The molecule has 0 radical (unpaired) electrons. The van der Waals surface area contributed by atoms with Gasteiger partial charge in [-0.05, 0) is 0 Å². The van der Waals surface area contributed by atoms with E-state index in [1.54, 1.807) is 12.1 Å². The van der Waals surface area contributed by atoms with Crippen LogP contribution in [0.3, 0.4) is 0 Å². The van der Waals surface area contributed by atoms with Crippen LogP contribution in [0.25, 0.3) is 0 Å². The second-order valence-corrected chi connectivity index (χ2v) is 4.30. The second-order valence-electron chi connectivity index (χ2n) is 4.30. The normalized spacial score (nSPS) is 10.6. The molecule has 6 N–H and O–H groups in total. The summed E-state index contributed by atoms with van der Waals surface area (Å²) in [5.41, 5.74) is 12.3. The van der Waals surface area contributed by atoms with Crippen LogP contribution in [0.15, 0.2) is 12.1 Å². The van der Waals surface area contributed by atoms with Crippen molar-refractivity contribution in [1.29, 1.82) is 0 Å². The van der Waals surface area contributed by atoms with E-state index in [4.69, 9.17) is 40.6 Å².